The van der Waals surface area contributed by atoms with Gasteiger partial charge in [-0.05, 0) is 53.3 Å². The Hall–Kier alpha value is -4.11. The second kappa shape index (κ2) is 7.54. The number of hydrogen-bond acceptors (Lipinski definition) is 6. The summed E-state index contributed by atoms with van der Waals surface area (Å²) in [5.41, 5.74) is 8.47. The molecule has 7 nitrogen and oxygen atoms in total. The number of thiophene rings is 1. The van der Waals surface area contributed by atoms with E-state index in [4.69, 9.17) is 10.3 Å². The topological polar surface area (TPSA) is 106 Å². The molecule has 0 radical (unpaired) electrons. The molecule has 0 spiro atoms. The number of aromatic nitrogens is 3. The first-order valence-electron chi connectivity index (χ1n) is 9.62. The van der Waals surface area contributed by atoms with Gasteiger partial charge < -0.3 is 5.73 Å². The van der Waals surface area contributed by atoms with Crippen LogP contribution in [0.4, 0.5) is 10.1 Å². The number of carbonyl (C=O) groups is 1. The Balaban J connectivity index is 1.60. The molecule has 3 heterocycles. The van der Waals surface area contributed by atoms with Crippen LogP contribution >= 0.6 is 11.3 Å². The molecule has 0 unspecified atom stereocenters. The molecule has 0 amide bonds. The third-order valence-electron chi connectivity index (χ3n) is 5.09. The molecule has 0 aliphatic heterocycles. The Labute approximate surface area is 184 Å². The molecule has 5 aromatic rings. The number of nitrogen functional groups attached to an aromatic ring is 1. The molecule has 3 aromatic heterocycles. The van der Waals surface area contributed by atoms with Crippen molar-refractivity contribution in [3.63, 3.8) is 0 Å². The maximum absolute atomic E-state index is 13.3. The summed E-state index contributed by atoms with van der Waals surface area (Å²) >= 11 is 1.09. The zero-order valence-electron chi connectivity index (χ0n) is 16.8. The molecule has 32 heavy (non-hydrogen) atoms. The van der Waals surface area contributed by atoms with Crippen LogP contribution in [0.2, 0.25) is 0 Å². The van der Waals surface area contributed by atoms with E-state index in [1.54, 1.807) is 36.4 Å². The van der Waals surface area contributed by atoms with Crippen molar-refractivity contribution < 1.29 is 18.4 Å². The molecule has 0 fully saturated rings. The molecule has 2 aromatic carbocycles. The fourth-order valence-electron chi connectivity index (χ4n) is 3.40. The van der Waals surface area contributed by atoms with Gasteiger partial charge in [-0.25, -0.2) is 14.2 Å². The van der Waals surface area contributed by atoms with Crippen molar-refractivity contribution in [2.24, 2.45) is 0 Å². The van der Waals surface area contributed by atoms with Crippen LogP contribution in [0.5, 0.6) is 0 Å². The van der Waals surface area contributed by atoms with Crippen molar-refractivity contribution in [3.05, 3.63) is 93.0 Å². The number of fused-ring (bicyclic) bond motifs is 1. The van der Waals surface area contributed by atoms with Crippen molar-refractivity contribution in [2.45, 2.75) is 6.92 Å². The van der Waals surface area contributed by atoms with Crippen molar-refractivity contribution >= 4 is 33.0 Å². The zero-order chi connectivity index (χ0) is 22.4. The second-order valence-electron chi connectivity index (χ2n) is 7.23. The smallest absolute Gasteiger partial charge is 0.397 e. The van der Waals surface area contributed by atoms with E-state index in [1.165, 1.54) is 16.8 Å². The summed E-state index contributed by atoms with van der Waals surface area (Å²) < 4.78 is 19.4. The Bertz CT molecular complexity index is 1530. The Morgan fingerprint density at radius 1 is 1.09 bits per heavy atom. The first-order chi connectivity index (χ1) is 15.4. The van der Waals surface area contributed by atoms with Crippen molar-refractivity contribution in [3.8, 4) is 16.9 Å². The van der Waals surface area contributed by atoms with E-state index in [1.807, 2.05) is 19.1 Å². The van der Waals surface area contributed by atoms with E-state index in [2.05, 4.69) is 10.3 Å². The van der Waals surface area contributed by atoms with E-state index in [0.29, 0.717) is 21.6 Å². The molecular formula is C23H16FN4O3S+. The van der Waals surface area contributed by atoms with Gasteiger partial charge in [0.1, 0.15) is 15.5 Å². The largest absolute Gasteiger partial charge is 0.439 e. The summed E-state index contributed by atoms with van der Waals surface area (Å²) in [6.07, 6.45) is 0. The number of rotatable bonds is 4. The summed E-state index contributed by atoms with van der Waals surface area (Å²) in [4.78, 5) is 31.0. The van der Waals surface area contributed by atoms with Crippen LogP contribution in [0, 0.1) is 12.7 Å². The van der Waals surface area contributed by atoms with Gasteiger partial charge in [-0.15, -0.1) is 11.3 Å². The van der Waals surface area contributed by atoms with E-state index in [0.717, 1.165) is 22.5 Å². The Morgan fingerprint density at radius 2 is 1.81 bits per heavy atom. The van der Waals surface area contributed by atoms with E-state index in [-0.39, 0.29) is 22.1 Å². The normalized spacial score (nSPS) is 11.2. The van der Waals surface area contributed by atoms with Gasteiger partial charge in [0.2, 0.25) is 5.69 Å². The number of anilines is 1. The SMILES string of the molecule is Cc1ccc(-[n+]2[nH]oc(=O)c2C(=O)c2sc3nc(-c4ccc(F)cc4)ccc3c2N)cc1. The van der Waals surface area contributed by atoms with Gasteiger partial charge in [-0.3, -0.25) is 9.32 Å². The van der Waals surface area contributed by atoms with Crippen LogP contribution < -0.4 is 16.0 Å². The average Bonchev–Trinajstić information content (AvgIpc) is 3.34. The number of carbonyl (C=O) groups excluding carboxylic acids is 1. The number of benzene rings is 2. The number of nitrogens with zero attached hydrogens (tertiary/aromatic N) is 2. The summed E-state index contributed by atoms with van der Waals surface area (Å²) in [5.74, 6) is -0.903. The van der Waals surface area contributed by atoms with E-state index >= 15 is 0 Å². The molecule has 3 N–H and O–H groups in total. The highest BCUT2D eigenvalue weighted by Gasteiger charge is 2.34. The minimum absolute atomic E-state index is 0.189. The first-order valence-corrected chi connectivity index (χ1v) is 10.4. The van der Waals surface area contributed by atoms with Crippen LogP contribution in [0.15, 0.2) is 70.0 Å². The zero-order valence-corrected chi connectivity index (χ0v) is 17.6. The average molecular weight is 447 g/mol. The van der Waals surface area contributed by atoms with Gasteiger partial charge in [0, 0.05) is 23.1 Å². The predicted octanol–water partition coefficient (Wildman–Crippen LogP) is 3.78. The van der Waals surface area contributed by atoms with Gasteiger partial charge in [-0.1, -0.05) is 17.7 Å². The number of H-pyrrole nitrogens is 1. The van der Waals surface area contributed by atoms with E-state index in [9.17, 15) is 14.0 Å². The quantitative estimate of drug-likeness (QED) is 0.322. The molecule has 0 aliphatic rings. The Kier molecular flexibility index (Phi) is 4.67. The number of nitrogens with two attached hydrogens (primary N) is 1. The van der Waals surface area contributed by atoms with Gasteiger partial charge in [-0.2, -0.15) is 0 Å². The van der Waals surface area contributed by atoms with Gasteiger partial charge in [0.05, 0.1) is 11.4 Å². The predicted molar refractivity (Wildman–Crippen MR) is 118 cm³/mol. The molecule has 0 bridgehead atoms. The molecule has 158 valence electrons. The number of pyridine rings is 1. The molecule has 5 rings (SSSR count). The fourth-order valence-corrected chi connectivity index (χ4v) is 4.43. The molecule has 9 heteroatoms. The van der Waals surface area contributed by atoms with Crippen LogP contribution in [0.3, 0.4) is 0 Å². The van der Waals surface area contributed by atoms with Gasteiger partial charge in [0.25, 0.3) is 5.78 Å². The minimum Gasteiger partial charge on any atom is -0.397 e. The minimum atomic E-state index is -0.799. The lowest BCUT2D eigenvalue weighted by atomic mass is 10.1. The second-order valence-corrected chi connectivity index (χ2v) is 8.23. The lowest BCUT2D eigenvalue weighted by Gasteiger charge is -2.01. The number of halogens is 1. The maximum Gasteiger partial charge on any atom is 0.439 e. The molecule has 0 atom stereocenters. The number of hydrogen-bond donors (Lipinski definition) is 2. The summed E-state index contributed by atoms with van der Waals surface area (Å²) in [6, 6.07) is 16.7. The lowest BCUT2D eigenvalue weighted by molar-refractivity contribution is -0.672. The maximum atomic E-state index is 13.3. The number of aromatic amines is 1. The highest BCUT2D eigenvalue weighted by atomic mass is 32.1. The first kappa shape index (κ1) is 19.8. The fraction of sp³-hybridized carbons (Fsp3) is 0.0435. The van der Waals surface area contributed by atoms with Crippen LogP contribution in [0.25, 0.3) is 27.2 Å². The number of nitrogens with one attached hydrogen (secondary N) is 1. The lowest BCUT2D eigenvalue weighted by Crippen LogP contribution is -2.41. The molecule has 0 saturated carbocycles. The van der Waals surface area contributed by atoms with Crippen LogP contribution in [-0.4, -0.2) is 16.0 Å². The van der Waals surface area contributed by atoms with Crippen molar-refractivity contribution in [2.75, 3.05) is 5.73 Å². The molecular weight excluding hydrogens is 431 g/mol. The molecule has 0 aliphatic carbocycles. The number of ketones is 1. The Morgan fingerprint density at radius 3 is 2.53 bits per heavy atom. The summed E-state index contributed by atoms with van der Waals surface area (Å²) in [5, 5.41) is 3.08. The standard InChI is InChI=1S/C23H15FN4O3S/c1-12-2-8-15(9-3-12)28-19(23(30)31-27-28)20(29)21-18(25)16-10-11-17(26-22(16)32-21)13-4-6-14(24)7-5-13/h2-11H,1H3,(H2-,25,27,29,30)/p+1. The van der Waals surface area contributed by atoms with Crippen molar-refractivity contribution in [1.29, 1.82) is 0 Å². The van der Waals surface area contributed by atoms with Crippen molar-refractivity contribution in [1.82, 2.24) is 10.3 Å². The van der Waals surface area contributed by atoms with Crippen LogP contribution in [0.1, 0.15) is 20.9 Å². The van der Waals surface area contributed by atoms with Gasteiger partial charge >= 0.3 is 11.3 Å². The highest BCUT2D eigenvalue weighted by molar-refractivity contribution is 7.21. The number of aryl methyl sites for hydroxylation is 1. The third-order valence-corrected chi connectivity index (χ3v) is 6.21. The summed E-state index contributed by atoms with van der Waals surface area (Å²) in [7, 11) is 0. The van der Waals surface area contributed by atoms with Crippen LogP contribution in [-0.2, 0) is 0 Å². The summed E-state index contributed by atoms with van der Waals surface area (Å²) in [6.45, 7) is 1.93. The molecule has 0 saturated heterocycles. The highest BCUT2D eigenvalue weighted by Crippen LogP contribution is 2.35. The van der Waals surface area contributed by atoms with E-state index < -0.39 is 11.4 Å². The monoisotopic (exact) mass is 447 g/mol. The third kappa shape index (κ3) is 3.28. The van der Waals surface area contributed by atoms with Gasteiger partial charge in [0.15, 0.2) is 0 Å².